The van der Waals surface area contributed by atoms with E-state index in [-0.39, 0.29) is 11.7 Å². The summed E-state index contributed by atoms with van der Waals surface area (Å²) < 4.78 is 5.28. The summed E-state index contributed by atoms with van der Waals surface area (Å²) >= 11 is 0. The van der Waals surface area contributed by atoms with Crippen molar-refractivity contribution in [3.05, 3.63) is 0 Å². The Hall–Kier alpha value is -0.730. The van der Waals surface area contributed by atoms with Crippen LogP contribution < -0.4 is 0 Å². The first-order chi connectivity index (χ1) is 6.29. The first-order valence-corrected chi connectivity index (χ1v) is 5.25. The highest BCUT2D eigenvalue weighted by atomic mass is 16.6. The third kappa shape index (κ3) is 2.89. The van der Waals surface area contributed by atoms with Gasteiger partial charge in [-0.05, 0) is 39.5 Å². The molecule has 1 amide bonds. The van der Waals surface area contributed by atoms with E-state index in [4.69, 9.17) is 4.74 Å². The van der Waals surface area contributed by atoms with Crippen molar-refractivity contribution < 1.29 is 9.53 Å². The molecule has 0 aromatic carbocycles. The lowest BCUT2D eigenvalue weighted by molar-refractivity contribution is 0.00814. The maximum absolute atomic E-state index is 11.6. The number of amides is 1. The molecule has 0 aromatic heterocycles. The first kappa shape index (κ1) is 11.3. The Morgan fingerprint density at radius 3 is 2.21 bits per heavy atom. The largest absolute Gasteiger partial charge is 0.444 e. The van der Waals surface area contributed by atoms with Crippen LogP contribution in [0.3, 0.4) is 0 Å². The molecule has 1 aliphatic carbocycles. The van der Waals surface area contributed by atoms with Crippen LogP contribution in [0.2, 0.25) is 0 Å². The van der Waals surface area contributed by atoms with Crippen molar-refractivity contribution in [2.75, 3.05) is 7.05 Å². The van der Waals surface area contributed by atoms with Gasteiger partial charge in [-0.1, -0.05) is 6.92 Å². The van der Waals surface area contributed by atoms with Crippen LogP contribution in [0.15, 0.2) is 0 Å². The highest BCUT2D eigenvalue weighted by molar-refractivity contribution is 5.68. The predicted octanol–water partition coefficient (Wildman–Crippen LogP) is 2.65. The number of hydrogen-bond donors (Lipinski definition) is 0. The average molecular weight is 199 g/mol. The monoisotopic (exact) mass is 199 g/mol. The summed E-state index contributed by atoms with van der Waals surface area (Å²) in [5.41, 5.74) is -0.388. The van der Waals surface area contributed by atoms with Crippen LogP contribution in [-0.2, 0) is 4.74 Å². The summed E-state index contributed by atoms with van der Waals surface area (Å²) in [6.45, 7) is 7.88. The molecule has 0 saturated heterocycles. The summed E-state index contributed by atoms with van der Waals surface area (Å²) in [6, 6.07) is 0.389. The zero-order valence-corrected chi connectivity index (χ0v) is 9.83. The van der Waals surface area contributed by atoms with Crippen molar-refractivity contribution >= 4 is 6.09 Å². The Bertz CT molecular complexity index is 214. The molecule has 0 spiro atoms. The fraction of sp³-hybridized carbons (Fsp3) is 0.909. The lowest BCUT2D eigenvalue weighted by atomic mass is 9.81. The molecule has 0 atom stereocenters. The van der Waals surface area contributed by atoms with Gasteiger partial charge in [0.25, 0.3) is 0 Å². The molecule has 1 aliphatic rings. The van der Waals surface area contributed by atoms with Gasteiger partial charge >= 0.3 is 6.09 Å². The molecule has 0 heterocycles. The fourth-order valence-corrected chi connectivity index (χ4v) is 1.66. The highest BCUT2D eigenvalue weighted by Crippen LogP contribution is 2.30. The van der Waals surface area contributed by atoms with E-state index < -0.39 is 0 Å². The first-order valence-electron chi connectivity index (χ1n) is 5.25. The Labute approximate surface area is 86.4 Å². The molecule has 0 N–H and O–H groups in total. The molecule has 0 bridgehead atoms. The third-order valence-corrected chi connectivity index (χ3v) is 2.58. The third-order valence-electron chi connectivity index (χ3n) is 2.58. The maximum Gasteiger partial charge on any atom is 0.410 e. The normalized spacial score (nSPS) is 26.6. The predicted molar refractivity (Wildman–Crippen MR) is 56.2 cm³/mol. The summed E-state index contributed by atoms with van der Waals surface area (Å²) in [5.74, 6) is 0.755. The van der Waals surface area contributed by atoms with Crippen LogP contribution in [-0.4, -0.2) is 29.7 Å². The van der Waals surface area contributed by atoms with Gasteiger partial charge < -0.3 is 9.64 Å². The molecule has 14 heavy (non-hydrogen) atoms. The molecular weight excluding hydrogens is 178 g/mol. The number of hydrogen-bond acceptors (Lipinski definition) is 2. The van der Waals surface area contributed by atoms with E-state index in [0.717, 1.165) is 18.8 Å². The zero-order valence-electron chi connectivity index (χ0n) is 9.83. The number of carbonyl (C=O) groups is 1. The van der Waals surface area contributed by atoms with Crippen LogP contribution in [0.25, 0.3) is 0 Å². The van der Waals surface area contributed by atoms with E-state index in [1.165, 1.54) is 0 Å². The van der Waals surface area contributed by atoms with E-state index in [1.807, 2.05) is 27.8 Å². The molecule has 1 fully saturated rings. The maximum atomic E-state index is 11.6. The molecule has 0 aromatic rings. The summed E-state index contributed by atoms with van der Waals surface area (Å²) in [5, 5.41) is 0. The Balaban J connectivity index is 2.38. The highest BCUT2D eigenvalue weighted by Gasteiger charge is 2.33. The van der Waals surface area contributed by atoms with Crippen molar-refractivity contribution in [1.82, 2.24) is 4.90 Å². The zero-order chi connectivity index (χ0) is 10.9. The molecule has 3 nitrogen and oxygen atoms in total. The Morgan fingerprint density at radius 1 is 1.36 bits per heavy atom. The van der Waals surface area contributed by atoms with Gasteiger partial charge in [0.1, 0.15) is 5.60 Å². The van der Waals surface area contributed by atoms with Gasteiger partial charge in [0.05, 0.1) is 0 Å². The van der Waals surface area contributed by atoms with Crippen LogP contribution in [0, 0.1) is 5.92 Å². The minimum atomic E-state index is -0.388. The van der Waals surface area contributed by atoms with E-state index in [9.17, 15) is 4.79 Å². The van der Waals surface area contributed by atoms with Crippen molar-refractivity contribution in [2.24, 2.45) is 5.92 Å². The lowest BCUT2D eigenvalue weighted by Crippen LogP contribution is -2.46. The Morgan fingerprint density at radius 2 is 1.86 bits per heavy atom. The Kier molecular flexibility index (Phi) is 3.07. The molecule has 0 aliphatic heterocycles. The lowest BCUT2D eigenvalue weighted by Gasteiger charge is -2.39. The van der Waals surface area contributed by atoms with E-state index in [2.05, 4.69) is 6.92 Å². The second-order valence-corrected chi connectivity index (χ2v) is 5.32. The van der Waals surface area contributed by atoms with Gasteiger partial charge in [-0.3, -0.25) is 0 Å². The van der Waals surface area contributed by atoms with Crippen LogP contribution in [0.4, 0.5) is 4.79 Å². The van der Waals surface area contributed by atoms with Gasteiger partial charge in [-0.15, -0.1) is 0 Å². The van der Waals surface area contributed by atoms with E-state index >= 15 is 0 Å². The number of rotatable bonds is 1. The van der Waals surface area contributed by atoms with Crippen LogP contribution in [0.5, 0.6) is 0 Å². The van der Waals surface area contributed by atoms with Crippen molar-refractivity contribution in [2.45, 2.75) is 52.2 Å². The van der Waals surface area contributed by atoms with Gasteiger partial charge in [0, 0.05) is 13.1 Å². The minimum Gasteiger partial charge on any atom is -0.444 e. The summed E-state index contributed by atoms with van der Waals surface area (Å²) in [4.78, 5) is 13.3. The van der Waals surface area contributed by atoms with Crippen molar-refractivity contribution in [3.63, 3.8) is 0 Å². The second-order valence-electron chi connectivity index (χ2n) is 5.32. The quantitative estimate of drug-likeness (QED) is 0.649. The second kappa shape index (κ2) is 3.79. The topological polar surface area (TPSA) is 29.5 Å². The van der Waals surface area contributed by atoms with E-state index in [0.29, 0.717) is 6.04 Å². The summed E-state index contributed by atoms with van der Waals surface area (Å²) in [7, 11) is 1.82. The molecule has 0 unspecified atom stereocenters. The van der Waals surface area contributed by atoms with Gasteiger partial charge in [0.15, 0.2) is 0 Å². The van der Waals surface area contributed by atoms with Crippen molar-refractivity contribution in [3.8, 4) is 0 Å². The van der Waals surface area contributed by atoms with Crippen LogP contribution in [0.1, 0.15) is 40.5 Å². The van der Waals surface area contributed by atoms with Crippen molar-refractivity contribution in [1.29, 1.82) is 0 Å². The van der Waals surface area contributed by atoms with Gasteiger partial charge in [-0.2, -0.15) is 0 Å². The molecular formula is C11H21NO2. The number of nitrogens with zero attached hydrogens (tertiary/aromatic N) is 1. The average Bonchev–Trinajstić information content (AvgIpc) is 1.94. The minimum absolute atomic E-state index is 0.200. The van der Waals surface area contributed by atoms with Gasteiger partial charge in [-0.25, -0.2) is 4.79 Å². The number of carbonyl (C=O) groups excluding carboxylic acids is 1. The van der Waals surface area contributed by atoms with Crippen LogP contribution >= 0.6 is 0 Å². The molecule has 3 heteroatoms. The standard InChI is InChI=1S/C11H21NO2/c1-8-6-9(7-8)12(5)10(13)14-11(2,3)4/h8-9H,6-7H2,1-5H3/t8-,9-. The molecule has 1 saturated carbocycles. The van der Waals surface area contributed by atoms with E-state index in [1.54, 1.807) is 4.90 Å². The molecule has 0 radical (unpaired) electrons. The smallest absolute Gasteiger partial charge is 0.410 e. The summed E-state index contributed by atoms with van der Waals surface area (Å²) in [6.07, 6.45) is 2.01. The fourth-order valence-electron chi connectivity index (χ4n) is 1.66. The number of ether oxygens (including phenoxy) is 1. The van der Waals surface area contributed by atoms with Gasteiger partial charge in [0.2, 0.25) is 0 Å². The SMILES string of the molecule is CN(C(=O)OC(C)(C)C)[C@H]1C[C@H](C)C1. The molecule has 82 valence electrons. The molecule has 1 rings (SSSR count).